The minimum atomic E-state index is -0.506. The van der Waals surface area contributed by atoms with E-state index in [1.165, 1.54) is 0 Å². The van der Waals surface area contributed by atoms with Gasteiger partial charge in [-0.05, 0) is 42.3 Å². The molecular formula is C17H19NO3. The van der Waals surface area contributed by atoms with Crippen molar-refractivity contribution in [1.82, 2.24) is 0 Å². The number of aliphatic hydroxyl groups is 1. The standard InChI is InChI=1S/C17H19NO3/c1-12(19)14-5-7-15(8-6-14)18-17(20)11-13-3-9-16(21-2)10-4-13/h3-10,12,19H,11H2,1-2H3,(H,18,20). The van der Waals surface area contributed by atoms with Crippen molar-refractivity contribution in [3.05, 3.63) is 59.7 Å². The van der Waals surface area contributed by atoms with E-state index in [4.69, 9.17) is 4.74 Å². The van der Waals surface area contributed by atoms with Crippen LogP contribution in [0, 0.1) is 0 Å². The lowest BCUT2D eigenvalue weighted by atomic mass is 10.1. The van der Waals surface area contributed by atoms with Crippen LogP contribution in [0.25, 0.3) is 0 Å². The molecule has 1 amide bonds. The van der Waals surface area contributed by atoms with Crippen LogP contribution in [-0.4, -0.2) is 18.1 Å². The summed E-state index contributed by atoms with van der Waals surface area (Å²) in [6.45, 7) is 1.71. The van der Waals surface area contributed by atoms with Crippen LogP contribution >= 0.6 is 0 Å². The molecule has 21 heavy (non-hydrogen) atoms. The number of rotatable bonds is 5. The smallest absolute Gasteiger partial charge is 0.228 e. The molecule has 0 bridgehead atoms. The molecule has 0 fully saturated rings. The first-order valence-corrected chi connectivity index (χ1v) is 6.79. The topological polar surface area (TPSA) is 58.6 Å². The van der Waals surface area contributed by atoms with Crippen LogP contribution in [-0.2, 0) is 11.2 Å². The molecule has 0 radical (unpaired) electrons. The number of aliphatic hydroxyl groups excluding tert-OH is 1. The van der Waals surface area contributed by atoms with Crippen molar-refractivity contribution in [2.24, 2.45) is 0 Å². The molecule has 2 aromatic carbocycles. The van der Waals surface area contributed by atoms with Gasteiger partial charge < -0.3 is 15.2 Å². The molecule has 0 spiro atoms. The minimum Gasteiger partial charge on any atom is -0.497 e. The highest BCUT2D eigenvalue weighted by atomic mass is 16.5. The zero-order chi connectivity index (χ0) is 15.2. The van der Waals surface area contributed by atoms with Gasteiger partial charge in [-0.15, -0.1) is 0 Å². The van der Waals surface area contributed by atoms with Crippen molar-refractivity contribution in [2.75, 3.05) is 12.4 Å². The van der Waals surface area contributed by atoms with Gasteiger partial charge in [-0.1, -0.05) is 24.3 Å². The van der Waals surface area contributed by atoms with Crippen molar-refractivity contribution in [1.29, 1.82) is 0 Å². The Morgan fingerprint density at radius 1 is 1.14 bits per heavy atom. The van der Waals surface area contributed by atoms with Gasteiger partial charge in [0, 0.05) is 5.69 Å². The highest BCUT2D eigenvalue weighted by Crippen LogP contribution is 2.16. The second-order valence-corrected chi connectivity index (χ2v) is 4.87. The van der Waals surface area contributed by atoms with Gasteiger partial charge in [0.1, 0.15) is 5.75 Å². The minimum absolute atomic E-state index is 0.0787. The quantitative estimate of drug-likeness (QED) is 0.888. The summed E-state index contributed by atoms with van der Waals surface area (Å²) in [4.78, 5) is 12.0. The van der Waals surface area contributed by atoms with E-state index < -0.39 is 6.10 Å². The second kappa shape index (κ2) is 6.90. The summed E-state index contributed by atoms with van der Waals surface area (Å²) >= 11 is 0. The molecule has 2 aromatic rings. The Hall–Kier alpha value is -2.33. The van der Waals surface area contributed by atoms with E-state index in [2.05, 4.69) is 5.32 Å². The lowest BCUT2D eigenvalue weighted by molar-refractivity contribution is -0.115. The zero-order valence-electron chi connectivity index (χ0n) is 12.2. The van der Waals surface area contributed by atoms with Crippen LogP contribution in [0.1, 0.15) is 24.2 Å². The van der Waals surface area contributed by atoms with Crippen LogP contribution < -0.4 is 10.1 Å². The van der Waals surface area contributed by atoms with Gasteiger partial charge in [0.2, 0.25) is 5.91 Å². The number of hydrogen-bond donors (Lipinski definition) is 2. The largest absolute Gasteiger partial charge is 0.497 e. The van der Waals surface area contributed by atoms with E-state index in [0.29, 0.717) is 6.42 Å². The van der Waals surface area contributed by atoms with Gasteiger partial charge in [-0.3, -0.25) is 4.79 Å². The molecule has 0 heterocycles. The Morgan fingerprint density at radius 2 is 1.76 bits per heavy atom. The molecule has 0 aromatic heterocycles. The molecule has 0 saturated heterocycles. The van der Waals surface area contributed by atoms with E-state index in [1.54, 1.807) is 38.3 Å². The highest BCUT2D eigenvalue weighted by molar-refractivity contribution is 5.92. The Kier molecular flexibility index (Phi) is 4.95. The number of carbonyl (C=O) groups is 1. The average Bonchev–Trinajstić information content (AvgIpc) is 2.48. The van der Waals surface area contributed by atoms with Gasteiger partial charge >= 0.3 is 0 Å². The number of benzene rings is 2. The fraction of sp³-hybridized carbons (Fsp3) is 0.235. The molecular weight excluding hydrogens is 266 g/mol. The molecule has 110 valence electrons. The second-order valence-electron chi connectivity index (χ2n) is 4.87. The monoisotopic (exact) mass is 285 g/mol. The van der Waals surface area contributed by atoms with Crippen LogP contribution in [0.3, 0.4) is 0 Å². The van der Waals surface area contributed by atoms with Crippen LogP contribution in [0.4, 0.5) is 5.69 Å². The number of anilines is 1. The van der Waals surface area contributed by atoms with Crippen LogP contribution in [0.15, 0.2) is 48.5 Å². The first-order chi connectivity index (χ1) is 10.1. The lowest BCUT2D eigenvalue weighted by Gasteiger charge is -2.08. The Labute approximate surface area is 124 Å². The highest BCUT2D eigenvalue weighted by Gasteiger charge is 2.05. The van der Waals surface area contributed by atoms with Gasteiger partial charge in [0.15, 0.2) is 0 Å². The lowest BCUT2D eigenvalue weighted by Crippen LogP contribution is -2.14. The van der Waals surface area contributed by atoms with Crippen molar-refractivity contribution >= 4 is 11.6 Å². The van der Waals surface area contributed by atoms with Gasteiger partial charge in [-0.25, -0.2) is 0 Å². The van der Waals surface area contributed by atoms with Crippen LogP contribution in [0.2, 0.25) is 0 Å². The van der Waals surface area contributed by atoms with Crippen molar-refractivity contribution < 1.29 is 14.6 Å². The summed E-state index contributed by atoms with van der Waals surface area (Å²) in [7, 11) is 1.61. The van der Waals surface area contributed by atoms with E-state index in [-0.39, 0.29) is 5.91 Å². The maximum absolute atomic E-state index is 12.0. The molecule has 4 nitrogen and oxygen atoms in total. The summed E-state index contributed by atoms with van der Waals surface area (Å²) < 4.78 is 5.08. The van der Waals surface area contributed by atoms with E-state index in [9.17, 15) is 9.90 Å². The van der Waals surface area contributed by atoms with Gasteiger partial charge in [0.05, 0.1) is 19.6 Å². The molecule has 0 aliphatic carbocycles. The molecule has 0 aliphatic heterocycles. The number of nitrogens with one attached hydrogen (secondary N) is 1. The van der Waals surface area contributed by atoms with Crippen molar-refractivity contribution in [3.8, 4) is 5.75 Å². The molecule has 2 N–H and O–H groups in total. The molecule has 1 atom stereocenters. The summed E-state index contributed by atoms with van der Waals surface area (Å²) in [5, 5.41) is 12.3. The van der Waals surface area contributed by atoms with E-state index >= 15 is 0 Å². The van der Waals surface area contributed by atoms with E-state index in [0.717, 1.165) is 22.6 Å². The third-order valence-corrected chi connectivity index (χ3v) is 3.20. The number of ether oxygens (including phenoxy) is 1. The molecule has 1 unspecified atom stereocenters. The third kappa shape index (κ3) is 4.33. The van der Waals surface area contributed by atoms with Crippen molar-refractivity contribution in [3.63, 3.8) is 0 Å². The third-order valence-electron chi connectivity index (χ3n) is 3.20. The Morgan fingerprint density at radius 3 is 2.29 bits per heavy atom. The zero-order valence-corrected chi connectivity index (χ0v) is 12.2. The number of amides is 1. The number of hydrogen-bond acceptors (Lipinski definition) is 3. The summed E-state index contributed by atoms with van der Waals surface area (Å²) in [6, 6.07) is 14.6. The number of methoxy groups -OCH3 is 1. The molecule has 0 aliphatic rings. The summed E-state index contributed by atoms with van der Waals surface area (Å²) in [6.07, 6.45) is -0.198. The maximum atomic E-state index is 12.0. The van der Waals surface area contributed by atoms with Gasteiger partial charge in [0.25, 0.3) is 0 Å². The fourth-order valence-electron chi connectivity index (χ4n) is 1.98. The fourth-order valence-corrected chi connectivity index (χ4v) is 1.98. The average molecular weight is 285 g/mol. The predicted octanol–water partition coefficient (Wildman–Crippen LogP) is 2.93. The Bertz CT molecular complexity index is 588. The number of carbonyl (C=O) groups excluding carboxylic acids is 1. The summed E-state index contributed by atoms with van der Waals surface area (Å²) in [5.41, 5.74) is 2.47. The van der Waals surface area contributed by atoms with Crippen molar-refractivity contribution in [2.45, 2.75) is 19.4 Å². The first-order valence-electron chi connectivity index (χ1n) is 6.79. The normalized spacial score (nSPS) is 11.8. The SMILES string of the molecule is COc1ccc(CC(=O)Nc2ccc(C(C)O)cc2)cc1. The molecule has 2 rings (SSSR count). The van der Waals surface area contributed by atoms with E-state index in [1.807, 2.05) is 24.3 Å². The molecule has 4 heteroatoms. The van der Waals surface area contributed by atoms with Crippen LogP contribution in [0.5, 0.6) is 5.75 Å². The Balaban J connectivity index is 1.94. The maximum Gasteiger partial charge on any atom is 0.228 e. The first kappa shape index (κ1) is 15.1. The summed E-state index contributed by atoms with van der Waals surface area (Å²) in [5.74, 6) is 0.692. The molecule has 0 saturated carbocycles. The van der Waals surface area contributed by atoms with Gasteiger partial charge in [-0.2, -0.15) is 0 Å². The predicted molar refractivity (Wildman–Crippen MR) is 82.4 cm³/mol.